The van der Waals surface area contributed by atoms with Crippen molar-refractivity contribution in [3.8, 4) is 5.75 Å². The van der Waals surface area contributed by atoms with Gasteiger partial charge >= 0.3 is 6.18 Å². The topological polar surface area (TPSA) is 106 Å². The summed E-state index contributed by atoms with van der Waals surface area (Å²) in [6.07, 6.45) is 1.64. The minimum Gasteiger partial charge on any atom is -0.495 e. The molecule has 1 aromatic carbocycles. The smallest absolute Gasteiger partial charge is 0.419 e. The Morgan fingerprint density at radius 1 is 1.07 bits per heavy atom. The Balaban J connectivity index is 1.52. The fraction of sp³-hybridized carbons (Fsp3) is 0.600. The zero-order chi connectivity index (χ0) is 30.3. The largest absolute Gasteiger partial charge is 0.495 e. The average Bonchev–Trinajstić information content (AvgIpc) is 2.95. The Morgan fingerprint density at radius 3 is 2.45 bits per heavy atom. The van der Waals surface area contributed by atoms with Crippen LogP contribution in [0.1, 0.15) is 66.6 Å². The molecule has 4 rings (SSSR count). The summed E-state index contributed by atoms with van der Waals surface area (Å²) in [5, 5.41) is 6.03. The lowest BCUT2D eigenvalue weighted by molar-refractivity contribution is -0.139. The van der Waals surface area contributed by atoms with Crippen LogP contribution in [0.2, 0.25) is 0 Å². The Kier molecular flexibility index (Phi) is 10.8. The van der Waals surface area contributed by atoms with Gasteiger partial charge in [-0.05, 0) is 82.3 Å². The lowest BCUT2D eigenvalue weighted by Crippen LogP contribution is -2.43. The number of alkyl halides is 3. The van der Waals surface area contributed by atoms with E-state index in [9.17, 15) is 22.8 Å². The van der Waals surface area contributed by atoms with Crippen LogP contribution in [0, 0.1) is 11.8 Å². The van der Waals surface area contributed by atoms with Gasteiger partial charge in [-0.3, -0.25) is 9.59 Å². The first kappa shape index (κ1) is 31.7. The van der Waals surface area contributed by atoms with Gasteiger partial charge in [0.05, 0.1) is 24.1 Å². The van der Waals surface area contributed by atoms with Gasteiger partial charge in [0.25, 0.3) is 5.91 Å². The number of nitrogens with one attached hydrogen (secondary N) is 2. The number of likely N-dealkylation sites (tertiary alicyclic amines) is 1. The van der Waals surface area contributed by atoms with Crippen LogP contribution in [0.5, 0.6) is 5.75 Å². The Morgan fingerprint density at radius 2 is 1.79 bits per heavy atom. The molecule has 0 bridgehead atoms. The third-order valence-electron chi connectivity index (χ3n) is 8.25. The van der Waals surface area contributed by atoms with Gasteiger partial charge in [-0.2, -0.15) is 13.2 Å². The van der Waals surface area contributed by atoms with E-state index in [4.69, 9.17) is 9.47 Å². The maximum absolute atomic E-state index is 14.0. The third-order valence-corrected chi connectivity index (χ3v) is 8.25. The zero-order valence-electron chi connectivity index (χ0n) is 24.4. The molecule has 1 amide bonds. The highest BCUT2D eigenvalue weighted by atomic mass is 19.4. The van der Waals surface area contributed by atoms with Crippen molar-refractivity contribution in [2.45, 2.75) is 63.6 Å². The number of ether oxygens (including phenoxy) is 2. The Hall–Kier alpha value is -3.25. The average molecular weight is 592 g/mol. The third kappa shape index (κ3) is 8.41. The number of anilines is 2. The number of nitrogens with zero attached hydrogens (tertiary/aromatic N) is 3. The summed E-state index contributed by atoms with van der Waals surface area (Å²) >= 11 is 0. The lowest BCUT2D eigenvalue weighted by atomic mass is 9.74. The summed E-state index contributed by atoms with van der Waals surface area (Å²) < 4.78 is 52.3. The monoisotopic (exact) mass is 591 g/mol. The second-order valence-electron chi connectivity index (χ2n) is 11.3. The van der Waals surface area contributed by atoms with Crippen molar-refractivity contribution in [3.05, 3.63) is 41.2 Å². The first-order valence-corrected chi connectivity index (χ1v) is 14.5. The summed E-state index contributed by atoms with van der Waals surface area (Å²) in [4.78, 5) is 35.6. The number of carbonyl (C=O) groups excluding carboxylic acids is 2. The van der Waals surface area contributed by atoms with Gasteiger partial charge in [0.15, 0.2) is 5.78 Å². The second kappa shape index (κ2) is 14.3. The van der Waals surface area contributed by atoms with Crippen molar-refractivity contribution >= 4 is 23.3 Å². The highest BCUT2D eigenvalue weighted by Gasteiger charge is 2.37. The summed E-state index contributed by atoms with van der Waals surface area (Å²) in [6.45, 7) is 1.83. The summed E-state index contributed by atoms with van der Waals surface area (Å²) in [7, 11) is 4.96. The van der Waals surface area contributed by atoms with E-state index < -0.39 is 11.7 Å². The normalized spacial score (nSPS) is 20.2. The fourth-order valence-corrected chi connectivity index (χ4v) is 5.93. The molecule has 42 heavy (non-hydrogen) atoms. The van der Waals surface area contributed by atoms with Crippen LogP contribution < -0.4 is 15.4 Å². The number of benzene rings is 1. The van der Waals surface area contributed by atoms with E-state index in [1.807, 2.05) is 0 Å². The molecule has 0 radical (unpaired) electrons. The predicted molar refractivity (Wildman–Crippen MR) is 152 cm³/mol. The molecule has 2 aromatic rings. The van der Waals surface area contributed by atoms with Crippen molar-refractivity contribution in [1.82, 2.24) is 20.2 Å². The quantitative estimate of drug-likeness (QED) is 0.375. The molecule has 9 nitrogen and oxygen atoms in total. The number of rotatable bonds is 11. The van der Waals surface area contributed by atoms with Gasteiger partial charge in [-0.15, -0.1) is 0 Å². The van der Waals surface area contributed by atoms with Gasteiger partial charge in [0.1, 0.15) is 12.4 Å². The standard InChI is InChI=1S/C30H40F3N5O4/c1-38-12-10-22(11-13-38)35-28(40)21-8-9-25(27(16-21)42-3)36-29-34-17-24(30(31,32)33)26(37-29)15-20-7-5-4-6-19(20)14-23(39)18-41-2/h8-9,16-17,19-20,22H,4-7,10-15,18H2,1-3H3,(H,35,40)(H,34,36,37)/t19-,20-/m0/s1. The van der Waals surface area contributed by atoms with Crippen molar-refractivity contribution in [3.63, 3.8) is 0 Å². The lowest BCUT2D eigenvalue weighted by Gasteiger charge is -2.31. The molecular formula is C30H40F3N5O4. The molecule has 2 heterocycles. The molecular weight excluding hydrogens is 551 g/mol. The maximum Gasteiger partial charge on any atom is 0.419 e. The predicted octanol–water partition coefficient (Wildman–Crippen LogP) is 5.03. The van der Waals surface area contributed by atoms with Gasteiger partial charge in [-0.1, -0.05) is 12.8 Å². The van der Waals surface area contributed by atoms with E-state index in [0.29, 0.717) is 17.0 Å². The molecule has 1 saturated carbocycles. The molecule has 1 aromatic heterocycles. The molecule has 1 aliphatic heterocycles. The van der Waals surface area contributed by atoms with Gasteiger partial charge in [0, 0.05) is 31.3 Å². The second-order valence-corrected chi connectivity index (χ2v) is 11.3. The number of methoxy groups -OCH3 is 2. The van der Waals surface area contributed by atoms with Crippen LogP contribution in [0.4, 0.5) is 24.8 Å². The number of amides is 1. The van der Waals surface area contributed by atoms with E-state index in [1.54, 1.807) is 18.2 Å². The molecule has 0 spiro atoms. The molecule has 2 N–H and O–H groups in total. The number of halogens is 3. The van der Waals surface area contributed by atoms with Gasteiger partial charge in [0.2, 0.25) is 5.95 Å². The van der Waals surface area contributed by atoms with E-state index in [2.05, 4.69) is 32.5 Å². The van der Waals surface area contributed by atoms with Crippen molar-refractivity contribution < 1.29 is 32.2 Å². The molecule has 1 aliphatic carbocycles. The van der Waals surface area contributed by atoms with E-state index >= 15 is 0 Å². The first-order valence-electron chi connectivity index (χ1n) is 14.5. The number of piperidine rings is 1. The number of carbonyl (C=O) groups is 2. The number of ketones is 1. The maximum atomic E-state index is 14.0. The van der Waals surface area contributed by atoms with Crippen molar-refractivity contribution in [2.75, 3.05) is 46.3 Å². The molecule has 230 valence electrons. The molecule has 0 unspecified atom stereocenters. The summed E-state index contributed by atoms with van der Waals surface area (Å²) in [5.41, 5.74) is -0.158. The van der Waals surface area contributed by atoms with Gasteiger partial charge in [-0.25, -0.2) is 9.97 Å². The van der Waals surface area contributed by atoms with Crippen LogP contribution in [-0.2, 0) is 22.1 Å². The molecule has 2 fully saturated rings. The molecule has 2 aliphatic rings. The first-order chi connectivity index (χ1) is 20.1. The highest BCUT2D eigenvalue weighted by molar-refractivity contribution is 5.95. The minimum atomic E-state index is -4.62. The van der Waals surface area contributed by atoms with E-state index in [-0.39, 0.29) is 60.7 Å². The van der Waals surface area contributed by atoms with Crippen LogP contribution in [-0.4, -0.2) is 73.6 Å². The number of hydrogen-bond acceptors (Lipinski definition) is 8. The number of hydrogen-bond donors (Lipinski definition) is 2. The van der Waals surface area contributed by atoms with Crippen LogP contribution in [0.3, 0.4) is 0 Å². The molecule has 12 heteroatoms. The zero-order valence-corrected chi connectivity index (χ0v) is 24.4. The summed E-state index contributed by atoms with van der Waals surface area (Å²) in [6, 6.07) is 4.94. The minimum absolute atomic E-state index is 0.000935. The SMILES string of the molecule is COCC(=O)C[C@@H]1CCCC[C@H]1Cc1nc(Nc2ccc(C(=O)NC3CCN(C)CC3)cc2OC)ncc1C(F)(F)F. The van der Waals surface area contributed by atoms with Crippen LogP contribution >= 0.6 is 0 Å². The highest BCUT2D eigenvalue weighted by Crippen LogP contribution is 2.38. The Bertz CT molecular complexity index is 1230. The number of Topliss-reactive ketones (excluding diaryl/α,β-unsaturated/α-hetero) is 1. The molecule has 1 saturated heterocycles. The van der Waals surface area contributed by atoms with Gasteiger partial charge < -0.3 is 25.0 Å². The fourth-order valence-electron chi connectivity index (χ4n) is 5.93. The van der Waals surface area contributed by atoms with E-state index in [1.165, 1.54) is 14.2 Å². The number of aromatic nitrogens is 2. The van der Waals surface area contributed by atoms with Crippen molar-refractivity contribution in [1.29, 1.82) is 0 Å². The van der Waals surface area contributed by atoms with Crippen LogP contribution in [0.15, 0.2) is 24.4 Å². The summed E-state index contributed by atoms with van der Waals surface area (Å²) in [5.74, 6) is -0.0790. The van der Waals surface area contributed by atoms with Crippen molar-refractivity contribution in [2.24, 2.45) is 11.8 Å². The molecule has 2 atom stereocenters. The Labute approximate surface area is 244 Å². The van der Waals surface area contributed by atoms with Crippen LogP contribution in [0.25, 0.3) is 0 Å². The van der Waals surface area contributed by atoms with E-state index in [0.717, 1.165) is 57.8 Å².